The fraction of sp³-hybridized carbons (Fsp3) is 0.0500. The van der Waals surface area contributed by atoms with Crippen LogP contribution in [0.15, 0.2) is 79.1 Å². The molecule has 1 N–H and O–H groups in total. The molecular weight excluding hydrogens is 312 g/mol. The molecule has 2 aromatic heterocycles. The van der Waals surface area contributed by atoms with E-state index >= 15 is 0 Å². The number of pyridine rings is 1. The third-order valence-corrected chi connectivity index (χ3v) is 4.01. The van der Waals surface area contributed by atoms with Gasteiger partial charge in [0.2, 0.25) is 0 Å². The first-order valence-corrected chi connectivity index (χ1v) is 8.03. The maximum absolute atomic E-state index is 12.7. The van der Waals surface area contributed by atoms with Gasteiger partial charge in [-0.3, -0.25) is 9.78 Å². The molecule has 122 valence electrons. The molecule has 0 spiro atoms. The first-order valence-electron chi connectivity index (χ1n) is 8.03. The molecule has 0 aliphatic carbocycles. The summed E-state index contributed by atoms with van der Waals surface area (Å²) in [4.78, 5) is 16.7. The summed E-state index contributed by atoms with van der Waals surface area (Å²) in [7, 11) is 0. The number of fused-ring (bicyclic) bond motifs is 1. The predicted octanol–water partition coefficient (Wildman–Crippen LogP) is 3.35. The fourth-order valence-electron chi connectivity index (χ4n) is 2.77. The highest BCUT2D eigenvalue weighted by Gasteiger charge is 2.17. The lowest BCUT2D eigenvalue weighted by Crippen LogP contribution is -2.23. The van der Waals surface area contributed by atoms with Crippen LogP contribution in [0.1, 0.15) is 16.1 Å². The summed E-state index contributed by atoms with van der Waals surface area (Å²) in [5.41, 5.74) is 3.25. The van der Waals surface area contributed by atoms with Crippen molar-refractivity contribution in [2.24, 2.45) is 0 Å². The van der Waals surface area contributed by atoms with Crippen molar-refractivity contribution in [2.45, 2.75) is 6.54 Å². The zero-order valence-corrected chi connectivity index (χ0v) is 13.5. The fourth-order valence-corrected chi connectivity index (χ4v) is 2.77. The first-order chi connectivity index (χ1) is 12.3. The minimum absolute atomic E-state index is 0.192. The van der Waals surface area contributed by atoms with Gasteiger partial charge in [0, 0.05) is 24.3 Å². The molecule has 0 aliphatic heterocycles. The van der Waals surface area contributed by atoms with Gasteiger partial charge in [-0.15, -0.1) is 0 Å². The second kappa shape index (κ2) is 6.57. The van der Waals surface area contributed by atoms with E-state index in [1.165, 1.54) is 0 Å². The number of rotatable bonds is 4. The molecule has 0 radical (unpaired) electrons. The van der Waals surface area contributed by atoms with Gasteiger partial charge in [-0.2, -0.15) is 5.10 Å². The summed E-state index contributed by atoms with van der Waals surface area (Å²) >= 11 is 0. The van der Waals surface area contributed by atoms with E-state index < -0.39 is 0 Å². The predicted molar refractivity (Wildman–Crippen MR) is 96.5 cm³/mol. The van der Waals surface area contributed by atoms with Crippen LogP contribution in [0.2, 0.25) is 0 Å². The number of para-hydroxylation sites is 2. The number of benzene rings is 2. The van der Waals surface area contributed by atoms with Crippen molar-refractivity contribution >= 4 is 16.8 Å². The SMILES string of the molecule is O=C(NCc1ccncc1)c1nn(-c2ccccc2)c2ccccc12. The Bertz CT molecular complexity index is 1010. The zero-order chi connectivity index (χ0) is 17.1. The maximum atomic E-state index is 12.7. The highest BCUT2D eigenvalue weighted by atomic mass is 16.1. The van der Waals surface area contributed by atoms with Crippen molar-refractivity contribution < 1.29 is 4.79 Å². The molecule has 5 heteroatoms. The van der Waals surface area contributed by atoms with Crippen molar-refractivity contribution in [2.75, 3.05) is 0 Å². The van der Waals surface area contributed by atoms with Gasteiger partial charge in [0.25, 0.3) is 5.91 Å². The quantitative estimate of drug-likeness (QED) is 0.625. The van der Waals surface area contributed by atoms with Gasteiger partial charge in [-0.05, 0) is 35.9 Å². The van der Waals surface area contributed by atoms with Crippen LogP contribution in [0, 0.1) is 0 Å². The molecule has 5 nitrogen and oxygen atoms in total. The second-order valence-electron chi connectivity index (χ2n) is 5.65. The van der Waals surface area contributed by atoms with Crippen LogP contribution in [-0.4, -0.2) is 20.7 Å². The third kappa shape index (κ3) is 2.99. The van der Waals surface area contributed by atoms with Gasteiger partial charge in [0.1, 0.15) is 0 Å². The van der Waals surface area contributed by atoms with Crippen molar-refractivity contribution in [3.8, 4) is 5.69 Å². The van der Waals surface area contributed by atoms with Crippen LogP contribution in [0.4, 0.5) is 0 Å². The Balaban J connectivity index is 1.69. The zero-order valence-electron chi connectivity index (χ0n) is 13.5. The Morgan fingerprint density at radius 1 is 0.920 bits per heavy atom. The van der Waals surface area contributed by atoms with Crippen LogP contribution >= 0.6 is 0 Å². The minimum Gasteiger partial charge on any atom is -0.347 e. The molecule has 0 unspecified atom stereocenters. The molecule has 25 heavy (non-hydrogen) atoms. The van der Waals surface area contributed by atoms with Crippen LogP contribution in [0.3, 0.4) is 0 Å². The molecule has 0 aliphatic rings. The van der Waals surface area contributed by atoms with Crippen molar-refractivity contribution in [3.63, 3.8) is 0 Å². The van der Waals surface area contributed by atoms with E-state index in [4.69, 9.17) is 0 Å². The van der Waals surface area contributed by atoms with E-state index in [9.17, 15) is 4.79 Å². The van der Waals surface area contributed by atoms with E-state index in [1.54, 1.807) is 17.1 Å². The van der Waals surface area contributed by atoms with Gasteiger partial charge in [0.15, 0.2) is 5.69 Å². The Morgan fingerprint density at radius 3 is 2.44 bits per heavy atom. The molecule has 0 atom stereocenters. The Kier molecular flexibility index (Phi) is 3.96. The summed E-state index contributed by atoms with van der Waals surface area (Å²) in [6.07, 6.45) is 3.42. The van der Waals surface area contributed by atoms with E-state index in [-0.39, 0.29) is 5.91 Å². The van der Waals surface area contributed by atoms with Gasteiger partial charge in [-0.1, -0.05) is 36.4 Å². The maximum Gasteiger partial charge on any atom is 0.272 e. The van der Waals surface area contributed by atoms with Gasteiger partial charge in [-0.25, -0.2) is 4.68 Å². The molecule has 0 saturated carbocycles. The monoisotopic (exact) mass is 328 g/mol. The molecule has 4 rings (SSSR count). The Hall–Kier alpha value is -3.47. The number of nitrogens with one attached hydrogen (secondary N) is 1. The Morgan fingerprint density at radius 2 is 1.64 bits per heavy atom. The molecule has 4 aromatic rings. The highest BCUT2D eigenvalue weighted by Crippen LogP contribution is 2.22. The standard InChI is InChI=1S/C20H16N4O/c25-20(22-14-15-10-12-21-13-11-15)19-17-8-4-5-9-18(17)24(23-19)16-6-2-1-3-7-16/h1-13H,14H2,(H,22,25). The number of hydrogen-bond donors (Lipinski definition) is 1. The van der Waals surface area contributed by atoms with Crippen LogP contribution in [-0.2, 0) is 6.54 Å². The van der Waals surface area contributed by atoms with Crippen LogP contribution < -0.4 is 5.32 Å². The lowest BCUT2D eigenvalue weighted by molar-refractivity contribution is 0.0947. The first kappa shape index (κ1) is 15.1. The second-order valence-corrected chi connectivity index (χ2v) is 5.65. The number of carbonyl (C=O) groups excluding carboxylic acids is 1. The van der Waals surface area contributed by atoms with E-state index in [0.29, 0.717) is 12.2 Å². The normalized spacial score (nSPS) is 10.7. The summed E-state index contributed by atoms with van der Waals surface area (Å²) in [5, 5.41) is 8.33. The molecule has 0 fully saturated rings. The van der Waals surface area contributed by atoms with Crippen molar-refractivity contribution in [1.82, 2.24) is 20.1 Å². The lowest BCUT2D eigenvalue weighted by atomic mass is 10.2. The number of amides is 1. The average molecular weight is 328 g/mol. The summed E-state index contributed by atoms with van der Waals surface area (Å²) < 4.78 is 1.80. The van der Waals surface area contributed by atoms with Crippen LogP contribution in [0.5, 0.6) is 0 Å². The average Bonchev–Trinajstić information content (AvgIpc) is 3.07. The summed E-state index contributed by atoms with van der Waals surface area (Å²) in [6.45, 7) is 0.438. The summed E-state index contributed by atoms with van der Waals surface area (Å²) in [5.74, 6) is -0.192. The third-order valence-electron chi connectivity index (χ3n) is 4.01. The number of aromatic nitrogens is 3. The molecular formula is C20H16N4O. The molecule has 2 heterocycles. The van der Waals surface area contributed by atoms with E-state index in [2.05, 4.69) is 15.4 Å². The smallest absolute Gasteiger partial charge is 0.272 e. The van der Waals surface area contributed by atoms with Gasteiger partial charge in [0.05, 0.1) is 11.2 Å². The largest absolute Gasteiger partial charge is 0.347 e. The Labute approximate surface area is 144 Å². The highest BCUT2D eigenvalue weighted by molar-refractivity contribution is 6.05. The van der Waals surface area contributed by atoms with E-state index in [0.717, 1.165) is 22.2 Å². The topological polar surface area (TPSA) is 59.8 Å². The van der Waals surface area contributed by atoms with Crippen LogP contribution in [0.25, 0.3) is 16.6 Å². The molecule has 2 aromatic carbocycles. The van der Waals surface area contributed by atoms with Crippen molar-refractivity contribution in [1.29, 1.82) is 0 Å². The number of carbonyl (C=O) groups is 1. The number of nitrogens with zero attached hydrogens (tertiary/aromatic N) is 3. The van der Waals surface area contributed by atoms with Gasteiger partial charge < -0.3 is 5.32 Å². The van der Waals surface area contributed by atoms with E-state index in [1.807, 2.05) is 66.7 Å². The minimum atomic E-state index is -0.192. The van der Waals surface area contributed by atoms with Gasteiger partial charge >= 0.3 is 0 Å². The lowest BCUT2D eigenvalue weighted by Gasteiger charge is -2.03. The summed E-state index contributed by atoms with van der Waals surface area (Å²) in [6, 6.07) is 21.3. The van der Waals surface area contributed by atoms with Crippen molar-refractivity contribution in [3.05, 3.63) is 90.4 Å². The molecule has 0 bridgehead atoms. The molecule has 0 saturated heterocycles. The number of hydrogen-bond acceptors (Lipinski definition) is 3. The molecule has 1 amide bonds.